The Labute approximate surface area is 217 Å². The number of hydrogen-bond donors (Lipinski definition) is 4. The molecule has 2 aromatic heterocycles. The number of nitrogens with zero attached hydrogens (tertiary/aromatic N) is 2. The molecule has 0 spiro atoms. The molecule has 2 heterocycles. The molecule has 1 fully saturated rings. The highest BCUT2D eigenvalue weighted by Crippen LogP contribution is 2.38. The first-order valence-electron chi connectivity index (χ1n) is 12.0. The summed E-state index contributed by atoms with van der Waals surface area (Å²) in [5, 5.41) is 22.0. The number of aliphatic hydroxyl groups is 2. The third-order valence-corrected chi connectivity index (χ3v) is 8.62. The van der Waals surface area contributed by atoms with E-state index in [0.717, 1.165) is 4.57 Å². The van der Waals surface area contributed by atoms with Crippen molar-refractivity contribution in [1.82, 2.24) is 14.3 Å². The van der Waals surface area contributed by atoms with Crippen LogP contribution >= 0.6 is 0 Å². The van der Waals surface area contributed by atoms with Gasteiger partial charge in [0, 0.05) is 42.5 Å². The van der Waals surface area contributed by atoms with Crippen LogP contribution in [0.2, 0.25) is 0 Å². The summed E-state index contributed by atoms with van der Waals surface area (Å²) in [6, 6.07) is 3.67. The van der Waals surface area contributed by atoms with Gasteiger partial charge in [-0.2, -0.15) is 0 Å². The minimum Gasteiger partial charge on any atom is -0.393 e. The number of aliphatic hydroxyl groups excluding tert-OH is 1. The second kappa shape index (κ2) is 10.3. The van der Waals surface area contributed by atoms with Crippen LogP contribution in [-0.2, 0) is 17.1 Å². The number of nitrogens with one attached hydrogen (secondary N) is 2. The largest absolute Gasteiger partial charge is 0.393 e. The fourth-order valence-electron chi connectivity index (χ4n) is 5.21. The summed E-state index contributed by atoms with van der Waals surface area (Å²) in [6.45, 7) is 2.91. The number of rotatable bonds is 8. The summed E-state index contributed by atoms with van der Waals surface area (Å²) in [6.07, 6.45) is 2.91. The van der Waals surface area contributed by atoms with Crippen LogP contribution in [0.4, 0.5) is 18.9 Å². The molecule has 1 saturated carbocycles. The first kappa shape index (κ1) is 28.0. The van der Waals surface area contributed by atoms with Gasteiger partial charge in [0.2, 0.25) is 0 Å². The van der Waals surface area contributed by atoms with Crippen LogP contribution in [0.15, 0.2) is 35.5 Å². The zero-order valence-corrected chi connectivity index (χ0v) is 21.8. The highest BCUT2D eigenvalue weighted by atomic mass is 32.2. The van der Waals surface area contributed by atoms with Crippen molar-refractivity contribution in [2.24, 2.45) is 18.9 Å². The summed E-state index contributed by atoms with van der Waals surface area (Å²) in [5.41, 5.74) is -1.86. The van der Waals surface area contributed by atoms with Crippen molar-refractivity contribution in [2.45, 2.75) is 49.8 Å². The second-order valence-corrected chi connectivity index (χ2v) is 11.8. The van der Waals surface area contributed by atoms with Crippen LogP contribution in [0.3, 0.4) is 0 Å². The quantitative estimate of drug-likeness (QED) is 0.317. The van der Waals surface area contributed by atoms with Crippen molar-refractivity contribution in [3.05, 3.63) is 53.6 Å². The van der Waals surface area contributed by atoms with E-state index in [1.807, 2.05) is 6.92 Å². The zero-order valence-electron chi connectivity index (χ0n) is 21.0. The van der Waals surface area contributed by atoms with Crippen LogP contribution in [0.25, 0.3) is 10.9 Å². The molecule has 4 N–H and O–H groups in total. The van der Waals surface area contributed by atoms with Crippen molar-refractivity contribution >= 4 is 32.5 Å². The molecule has 1 amide bonds. The number of amides is 1. The summed E-state index contributed by atoms with van der Waals surface area (Å²) >= 11 is 0. The van der Waals surface area contributed by atoms with Crippen molar-refractivity contribution in [3.8, 4) is 0 Å². The minimum absolute atomic E-state index is 0.00803. The number of pyridine rings is 1. The SMILES string of the molecule is CC1CCC(CC(C)(O)CO)C1NS(=O)(=O)c1c2ncccc2c(C(=O)Nc2cc(F)c(F)c(F)c2)n1C. The summed E-state index contributed by atoms with van der Waals surface area (Å²) in [7, 11) is -2.93. The Morgan fingerprint density at radius 3 is 2.53 bits per heavy atom. The predicted molar refractivity (Wildman–Crippen MR) is 133 cm³/mol. The molecule has 4 rings (SSSR count). The standard InChI is InChI=1S/C25H29F3N4O5S/c1-13-6-7-14(11-25(2,35)12-33)20(13)31-38(36,37)24-21-16(5-4-8-29-21)22(32(24)3)23(34)30-15-9-17(26)19(28)18(27)10-15/h4-5,8-10,13-14,20,31,33,35H,6-7,11-12H2,1-3H3,(H,30,34). The van der Waals surface area contributed by atoms with Crippen LogP contribution in [0, 0.1) is 29.3 Å². The first-order valence-corrected chi connectivity index (χ1v) is 13.5. The molecule has 4 atom stereocenters. The number of carbonyl (C=O) groups is 1. The van der Waals surface area contributed by atoms with Crippen LogP contribution in [0.1, 0.15) is 43.6 Å². The number of aromatic nitrogens is 2. The molecule has 0 bridgehead atoms. The lowest BCUT2D eigenvalue weighted by Gasteiger charge is -2.30. The smallest absolute Gasteiger partial charge is 0.273 e. The fourth-order valence-corrected chi connectivity index (χ4v) is 6.98. The van der Waals surface area contributed by atoms with Gasteiger partial charge in [-0.1, -0.05) is 6.92 Å². The molecule has 9 nitrogen and oxygen atoms in total. The van der Waals surface area contributed by atoms with Gasteiger partial charge in [-0.25, -0.2) is 26.3 Å². The molecule has 1 aromatic carbocycles. The lowest BCUT2D eigenvalue weighted by molar-refractivity contribution is -0.0194. The first-order chi connectivity index (χ1) is 17.8. The summed E-state index contributed by atoms with van der Waals surface area (Å²) in [4.78, 5) is 17.4. The van der Waals surface area contributed by atoms with Crippen molar-refractivity contribution in [1.29, 1.82) is 0 Å². The van der Waals surface area contributed by atoms with E-state index in [4.69, 9.17) is 0 Å². The minimum atomic E-state index is -4.28. The molecule has 1 aliphatic carbocycles. The molecular formula is C25H29F3N4O5S. The van der Waals surface area contributed by atoms with Gasteiger partial charge in [-0.05, 0) is 50.2 Å². The van der Waals surface area contributed by atoms with Gasteiger partial charge < -0.3 is 20.1 Å². The van der Waals surface area contributed by atoms with Gasteiger partial charge in [0.1, 0.15) is 11.2 Å². The van der Waals surface area contributed by atoms with Crippen LogP contribution < -0.4 is 10.0 Å². The number of hydrogen-bond acceptors (Lipinski definition) is 6. The van der Waals surface area contributed by atoms with Crippen molar-refractivity contribution in [3.63, 3.8) is 0 Å². The molecule has 206 valence electrons. The van der Waals surface area contributed by atoms with E-state index in [-0.39, 0.29) is 45.6 Å². The van der Waals surface area contributed by atoms with E-state index in [2.05, 4.69) is 15.0 Å². The Morgan fingerprint density at radius 1 is 1.24 bits per heavy atom. The Morgan fingerprint density at radius 2 is 1.89 bits per heavy atom. The van der Waals surface area contributed by atoms with E-state index in [0.29, 0.717) is 25.0 Å². The molecular weight excluding hydrogens is 525 g/mol. The Kier molecular flexibility index (Phi) is 7.58. The van der Waals surface area contributed by atoms with Gasteiger partial charge in [0.15, 0.2) is 22.5 Å². The highest BCUT2D eigenvalue weighted by molar-refractivity contribution is 7.89. The number of anilines is 1. The maximum absolute atomic E-state index is 13.7. The monoisotopic (exact) mass is 554 g/mol. The topological polar surface area (TPSA) is 134 Å². The van der Waals surface area contributed by atoms with Gasteiger partial charge in [0.05, 0.1) is 12.2 Å². The van der Waals surface area contributed by atoms with Crippen molar-refractivity contribution in [2.75, 3.05) is 11.9 Å². The van der Waals surface area contributed by atoms with E-state index < -0.39 is 51.6 Å². The molecule has 1 aliphatic rings. The second-order valence-electron chi connectivity index (χ2n) is 10.1. The molecule has 0 saturated heterocycles. The van der Waals surface area contributed by atoms with Crippen LogP contribution in [-0.4, -0.2) is 52.3 Å². The van der Waals surface area contributed by atoms with Gasteiger partial charge in [0.25, 0.3) is 15.9 Å². The van der Waals surface area contributed by atoms with Gasteiger partial charge in [-0.15, -0.1) is 0 Å². The summed E-state index contributed by atoms with van der Waals surface area (Å²) in [5.74, 6) is -5.86. The number of benzene rings is 1. The third-order valence-electron chi connectivity index (χ3n) is 7.06. The Balaban J connectivity index is 1.72. The average Bonchev–Trinajstić information content (AvgIpc) is 3.33. The summed E-state index contributed by atoms with van der Waals surface area (Å²) < 4.78 is 72.0. The van der Waals surface area contributed by atoms with E-state index in [9.17, 15) is 36.6 Å². The molecule has 13 heteroatoms. The number of sulfonamides is 1. The number of halogens is 3. The van der Waals surface area contributed by atoms with E-state index in [1.54, 1.807) is 0 Å². The number of fused-ring (bicyclic) bond motifs is 1. The van der Waals surface area contributed by atoms with Crippen molar-refractivity contribution < 1.29 is 36.6 Å². The third kappa shape index (κ3) is 5.28. The zero-order chi connectivity index (χ0) is 28.0. The molecule has 38 heavy (non-hydrogen) atoms. The Bertz CT molecular complexity index is 1470. The molecule has 0 aliphatic heterocycles. The average molecular weight is 555 g/mol. The van der Waals surface area contributed by atoms with Gasteiger partial charge >= 0.3 is 0 Å². The van der Waals surface area contributed by atoms with E-state index in [1.165, 1.54) is 32.3 Å². The number of carbonyl (C=O) groups excluding carboxylic acids is 1. The van der Waals surface area contributed by atoms with Gasteiger partial charge in [-0.3, -0.25) is 9.78 Å². The Hall–Kier alpha value is -3.00. The van der Waals surface area contributed by atoms with E-state index >= 15 is 0 Å². The maximum atomic E-state index is 13.7. The normalized spacial score (nSPS) is 21.5. The maximum Gasteiger partial charge on any atom is 0.273 e. The lowest BCUT2D eigenvalue weighted by atomic mass is 9.88. The molecule has 0 radical (unpaired) electrons. The predicted octanol–water partition coefficient (Wildman–Crippen LogP) is 3.07. The molecule has 4 unspecified atom stereocenters. The van der Waals surface area contributed by atoms with Crippen LogP contribution in [0.5, 0.6) is 0 Å². The lowest BCUT2D eigenvalue weighted by Crippen LogP contribution is -2.44. The highest BCUT2D eigenvalue weighted by Gasteiger charge is 2.41. The fraction of sp³-hybridized carbons (Fsp3) is 0.440. The molecule has 3 aromatic rings.